The van der Waals surface area contributed by atoms with Crippen LogP contribution in [-0.4, -0.2) is 55.7 Å². The van der Waals surface area contributed by atoms with Gasteiger partial charge in [-0.05, 0) is 25.5 Å². The van der Waals surface area contributed by atoms with Gasteiger partial charge in [0.1, 0.15) is 17.1 Å². The summed E-state index contributed by atoms with van der Waals surface area (Å²) in [5.74, 6) is 2.38. The maximum absolute atomic E-state index is 5.41. The van der Waals surface area contributed by atoms with Crippen LogP contribution in [0.4, 0.5) is 5.69 Å². The number of hydrogen-bond donors (Lipinski definition) is 2. The second-order valence-electron chi connectivity index (χ2n) is 7.70. The Labute approximate surface area is 182 Å². The van der Waals surface area contributed by atoms with Gasteiger partial charge in [-0.15, -0.1) is 0 Å². The number of benzene rings is 1. The number of hydrogen-bond acceptors (Lipinski definition) is 5. The van der Waals surface area contributed by atoms with Crippen LogP contribution >= 0.6 is 0 Å². The highest BCUT2D eigenvalue weighted by Crippen LogP contribution is 2.30. The fourth-order valence-electron chi connectivity index (χ4n) is 3.93. The zero-order valence-electron chi connectivity index (χ0n) is 18.6. The molecule has 0 bridgehead atoms. The van der Waals surface area contributed by atoms with E-state index in [4.69, 9.17) is 9.47 Å². The van der Waals surface area contributed by atoms with Crippen molar-refractivity contribution in [1.82, 2.24) is 20.0 Å². The van der Waals surface area contributed by atoms with E-state index in [2.05, 4.69) is 49.1 Å². The maximum Gasteiger partial charge on any atom is 0.191 e. The molecule has 31 heavy (non-hydrogen) atoms. The quantitative estimate of drug-likeness (QED) is 0.470. The normalized spacial score (nSPS) is 16.6. The van der Waals surface area contributed by atoms with Gasteiger partial charge in [0.05, 0.1) is 26.5 Å². The van der Waals surface area contributed by atoms with Gasteiger partial charge in [-0.25, -0.2) is 4.98 Å². The second-order valence-corrected chi connectivity index (χ2v) is 7.70. The van der Waals surface area contributed by atoms with E-state index in [1.165, 1.54) is 5.69 Å². The molecule has 8 heteroatoms. The van der Waals surface area contributed by atoms with E-state index in [0.717, 1.165) is 54.0 Å². The molecule has 0 radical (unpaired) electrons. The number of aliphatic imine (C=N–C) groups is 1. The van der Waals surface area contributed by atoms with Gasteiger partial charge in [-0.3, -0.25) is 4.99 Å². The minimum atomic E-state index is 0.298. The van der Waals surface area contributed by atoms with Gasteiger partial charge in [0, 0.05) is 62.0 Å². The number of guanidine groups is 1. The lowest BCUT2D eigenvalue weighted by Gasteiger charge is -2.21. The summed E-state index contributed by atoms with van der Waals surface area (Å²) in [4.78, 5) is 11.4. The van der Waals surface area contributed by atoms with Gasteiger partial charge >= 0.3 is 0 Å². The van der Waals surface area contributed by atoms with Gasteiger partial charge in [-0.2, -0.15) is 0 Å². The first-order chi connectivity index (χ1) is 15.1. The molecule has 8 nitrogen and oxygen atoms in total. The predicted molar refractivity (Wildman–Crippen MR) is 123 cm³/mol. The summed E-state index contributed by atoms with van der Waals surface area (Å²) in [7, 11) is 5.14. The minimum Gasteiger partial charge on any atom is -0.497 e. The smallest absolute Gasteiger partial charge is 0.191 e. The summed E-state index contributed by atoms with van der Waals surface area (Å²) in [5, 5.41) is 6.93. The van der Waals surface area contributed by atoms with Crippen molar-refractivity contribution in [3.8, 4) is 11.5 Å². The Bertz CT molecular complexity index is 1050. The van der Waals surface area contributed by atoms with Crippen molar-refractivity contribution in [2.75, 3.05) is 39.3 Å². The number of anilines is 1. The largest absolute Gasteiger partial charge is 0.497 e. The number of fused-ring (bicyclic) bond motifs is 1. The highest BCUT2D eigenvalue weighted by molar-refractivity contribution is 5.80. The van der Waals surface area contributed by atoms with E-state index in [1.54, 1.807) is 21.3 Å². The van der Waals surface area contributed by atoms with Gasteiger partial charge in [0.25, 0.3) is 0 Å². The molecule has 1 aliphatic heterocycles. The lowest BCUT2D eigenvalue weighted by Crippen LogP contribution is -2.44. The average molecular weight is 423 g/mol. The third kappa shape index (κ3) is 4.68. The predicted octanol–water partition coefficient (Wildman–Crippen LogP) is 2.60. The van der Waals surface area contributed by atoms with Crippen LogP contribution in [0.3, 0.4) is 0 Å². The van der Waals surface area contributed by atoms with Crippen LogP contribution in [0.15, 0.2) is 47.6 Å². The number of methoxy groups -OCH3 is 2. The van der Waals surface area contributed by atoms with Gasteiger partial charge in [-0.1, -0.05) is 6.07 Å². The van der Waals surface area contributed by atoms with Crippen molar-refractivity contribution in [3.05, 3.63) is 54.0 Å². The number of imidazole rings is 1. The van der Waals surface area contributed by atoms with Gasteiger partial charge < -0.3 is 29.4 Å². The third-order valence-corrected chi connectivity index (χ3v) is 5.64. The Morgan fingerprint density at radius 3 is 2.65 bits per heavy atom. The average Bonchev–Trinajstić information content (AvgIpc) is 3.43. The van der Waals surface area contributed by atoms with Crippen molar-refractivity contribution < 1.29 is 9.47 Å². The number of aryl methyl sites for hydroxylation is 1. The fourth-order valence-corrected chi connectivity index (χ4v) is 3.93. The molecule has 3 aromatic rings. The van der Waals surface area contributed by atoms with Crippen molar-refractivity contribution in [1.29, 1.82) is 0 Å². The Kier molecular flexibility index (Phi) is 6.16. The Balaban J connectivity index is 1.35. The lowest BCUT2D eigenvalue weighted by molar-refractivity contribution is 0.394. The highest BCUT2D eigenvalue weighted by Gasteiger charge is 2.24. The molecular weight excluding hydrogens is 392 g/mol. The molecule has 164 valence electrons. The van der Waals surface area contributed by atoms with E-state index >= 15 is 0 Å². The molecule has 1 unspecified atom stereocenters. The summed E-state index contributed by atoms with van der Waals surface area (Å²) in [6.45, 7) is 4.53. The number of pyridine rings is 1. The molecule has 3 heterocycles. The van der Waals surface area contributed by atoms with Crippen molar-refractivity contribution in [3.63, 3.8) is 0 Å². The van der Waals surface area contributed by atoms with E-state index < -0.39 is 0 Å². The number of nitrogens with zero attached hydrogens (tertiary/aromatic N) is 4. The van der Waals surface area contributed by atoms with Crippen LogP contribution in [0.25, 0.3) is 5.65 Å². The topological polar surface area (TPSA) is 75.4 Å². The molecular formula is C23H30N6O2. The molecule has 1 saturated heterocycles. The number of rotatable bonds is 6. The van der Waals surface area contributed by atoms with Crippen LogP contribution in [-0.2, 0) is 6.54 Å². The van der Waals surface area contributed by atoms with Crippen LogP contribution in [0.5, 0.6) is 11.5 Å². The van der Waals surface area contributed by atoms with Crippen molar-refractivity contribution in [2.45, 2.75) is 25.9 Å². The van der Waals surface area contributed by atoms with Crippen molar-refractivity contribution in [2.24, 2.45) is 4.99 Å². The zero-order chi connectivity index (χ0) is 21.8. The molecule has 1 aliphatic rings. The Morgan fingerprint density at radius 2 is 1.97 bits per heavy atom. The molecule has 1 aromatic carbocycles. The summed E-state index contributed by atoms with van der Waals surface area (Å²) >= 11 is 0. The highest BCUT2D eigenvalue weighted by atomic mass is 16.5. The van der Waals surface area contributed by atoms with Crippen LogP contribution in [0.1, 0.15) is 17.8 Å². The van der Waals surface area contributed by atoms with E-state index in [1.807, 2.05) is 30.3 Å². The standard InChI is InChI=1S/C23H30N6O2/c1-16-6-5-7-22-26-18(15-29(16)22)13-25-23(24-2)27-17-8-9-28(14-17)19-10-20(30-3)12-21(11-19)31-4/h5-7,10-12,15,17H,8-9,13-14H2,1-4H3,(H2,24,25,27). The monoisotopic (exact) mass is 422 g/mol. The van der Waals surface area contributed by atoms with Gasteiger partial charge in [0.2, 0.25) is 0 Å². The van der Waals surface area contributed by atoms with E-state index in [0.29, 0.717) is 12.6 Å². The molecule has 2 aromatic heterocycles. The molecule has 0 spiro atoms. The molecule has 4 rings (SSSR count). The third-order valence-electron chi connectivity index (χ3n) is 5.64. The van der Waals surface area contributed by atoms with Crippen molar-refractivity contribution >= 4 is 17.3 Å². The number of ether oxygens (including phenoxy) is 2. The van der Waals surface area contributed by atoms with E-state index in [-0.39, 0.29) is 0 Å². The van der Waals surface area contributed by atoms with E-state index in [9.17, 15) is 0 Å². The summed E-state index contributed by atoms with van der Waals surface area (Å²) in [6.07, 6.45) is 3.09. The summed E-state index contributed by atoms with van der Waals surface area (Å²) < 4.78 is 12.9. The maximum atomic E-state index is 5.41. The lowest BCUT2D eigenvalue weighted by atomic mass is 10.2. The van der Waals surface area contributed by atoms with Gasteiger partial charge in [0.15, 0.2) is 5.96 Å². The Morgan fingerprint density at radius 1 is 1.19 bits per heavy atom. The first-order valence-electron chi connectivity index (χ1n) is 10.5. The van der Waals surface area contributed by atoms with Crippen LogP contribution < -0.4 is 25.0 Å². The number of aromatic nitrogens is 2. The second kappa shape index (κ2) is 9.16. The molecule has 1 atom stereocenters. The first kappa shape index (κ1) is 20.8. The summed E-state index contributed by atoms with van der Waals surface area (Å²) in [5.41, 5.74) is 4.20. The van der Waals surface area contributed by atoms with Crippen LogP contribution in [0, 0.1) is 6.92 Å². The molecule has 1 fully saturated rings. The molecule has 0 aliphatic carbocycles. The Hall–Kier alpha value is -3.42. The molecule has 0 saturated carbocycles. The molecule has 2 N–H and O–H groups in total. The fraction of sp³-hybridized carbons (Fsp3) is 0.391. The minimum absolute atomic E-state index is 0.298. The van der Waals surface area contributed by atoms with Crippen LogP contribution in [0.2, 0.25) is 0 Å². The SMILES string of the molecule is CN=C(NCc1cn2c(C)cccc2n1)NC1CCN(c2cc(OC)cc(OC)c2)C1. The summed E-state index contributed by atoms with van der Waals surface area (Å²) in [6, 6.07) is 12.4. The first-order valence-corrected chi connectivity index (χ1v) is 10.5. The number of nitrogens with one attached hydrogen (secondary N) is 2. The zero-order valence-corrected chi connectivity index (χ0v) is 18.6. The molecule has 0 amide bonds.